The second-order valence-corrected chi connectivity index (χ2v) is 13.1. The predicted molar refractivity (Wildman–Crippen MR) is 134 cm³/mol. The quantitative estimate of drug-likeness (QED) is 0.513. The minimum absolute atomic E-state index is 0.0211. The highest BCUT2D eigenvalue weighted by atomic mass is 32.2. The summed E-state index contributed by atoms with van der Waals surface area (Å²) in [4.78, 5) is 51.1. The molecule has 0 radical (unpaired) electrons. The summed E-state index contributed by atoms with van der Waals surface area (Å²) in [5, 5.41) is 10.5. The van der Waals surface area contributed by atoms with E-state index in [1.54, 1.807) is 13.8 Å². The van der Waals surface area contributed by atoms with Crippen LogP contribution in [0.15, 0.2) is 23.3 Å². The number of rotatable bonds is 4. The lowest BCUT2D eigenvalue weighted by Crippen LogP contribution is -2.63. The van der Waals surface area contributed by atoms with Crippen LogP contribution in [0.5, 0.6) is 0 Å². The molecule has 1 N–H and O–H groups in total. The van der Waals surface area contributed by atoms with Crippen molar-refractivity contribution in [3.8, 4) is 0 Å². The van der Waals surface area contributed by atoms with Gasteiger partial charge in [-0.15, -0.1) is 0 Å². The van der Waals surface area contributed by atoms with Gasteiger partial charge in [0.15, 0.2) is 5.60 Å². The second kappa shape index (κ2) is 9.25. The molecule has 5 rings (SSSR count). The van der Waals surface area contributed by atoms with Crippen LogP contribution in [-0.2, 0) is 28.7 Å². The van der Waals surface area contributed by atoms with E-state index < -0.39 is 74.1 Å². The van der Waals surface area contributed by atoms with Gasteiger partial charge in [0.05, 0.1) is 12.7 Å². The molecule has 7 nitrogen and oxygen atoms in total. The first-order valence-corrected chi connectivity index (χ1v) is 14.3. The minimum atomic E-state index is -1.61. The number of aliphatic hydroxyl groups is 1. The fraction of sp³-hybridized carbons (Fsp3) is 0.714. The van der Waals surface area contributed by atoms with Gasteiger partial charge in [-0.1, -0.05) is 38.1 Å². The van der Waals surface area contributed by atoms with Gasteiger partial charge in [0, 0.05) is 35.5 Å². The van der Waals surface area contributed by atoms with Crippen LogP contribution in [0.2, 0.25) is 0 Å². The fourth-order valence-electron chi connectivity index (χ4n) is 8.50. The Labute approximate surface area is 224 Å². The molecule has 1 saturated heterocycles. The largest absolute Gasteiger partial charge is 0.465 e. The van der Waals surface area contributed by atoms with Crippen molar-refractivity contribution in [1.82, 2.24) is 0 Å². The number of halogens is 2. The number of ether oxygens (including phenoxy) is 2. The molecule has 1 heterocycles. The summed E-state index contributed by atoms with van der Waals surface area (Å²) >= 11 is 0.835. The van der Waals surface area contributed by atoms with Crippen LogP contribution in [0.1, 0.15) is 66.2 Å². The number of esters is 2. The van der Waals surface area contributed by atoms with E-state index in [1.165, 1.54) is 6.08 Å². The van der Waals surface area contributed by atoms with Gasteiger partial charge in [0.2, 0.25) is 16.7 Å². The van der Waals surface area contributed by atoms with E-state index in [9.17, 15) is 28.7 Å². The first-order valence-electron chi connectivity index (χ1n) is 13.4. The molecule has 5 aliphatic rings. The maximum absolute atomic E-state index is 15.5. The fourth-order valence-corrected chi connectivity index (χ4v) is 9.78. The first-order chi connectivity index (χ1) is 17.8. The SMILES string of the molecule is CCC(=O)O[C@]1(C(=O)S[C@H]2CCOC2=O)[C@H](C)C[C@H]2[C@@H]3CCC4=CC(=O)C(F)=C(F)[C@]4(C)[C@H]3[C@@H](O)C[C@@]21C. The molecule has 4 fully saturated rings. The molecule has 10 heteroatoms. The monoisotopic (exact) mass is 552 g/mol. The molecule has 0 aromatic rings. The van der Waals surface area contributed by atoms with Gasteiger partial charge in [-0.2, -0.15) is 4.39 Å². The number of hydrogen-bond donors (Lipinski definition) is 1. The second-order valence-electron chi connectivity index (χ2n) is 11.9. The Balaban J connectivity index is 1.58. The number of carbonyl (C=O) groups excluding carboxylic acids is 4. The molecule has 4 aliphatic carbocycles. The molecule has 0 amide bonds. The molecule has 0 unspecified atom stereocenters. The van der Waals surface area contributed by atoms with Gasteiger partial charge >= 0.3 is 11.9 Å². The third-order valence-corrected chi connectivity index (χ3v) is 11.5. The molecule has 208 valence electrons. The van der Waals surface area contributed by atoms with Crippen LogP contribution in [0.4, 0.5) is 8.78 Å². The van der Waals surface area contributed by atoms with Gasteiger partial charge in [-0.25, -0.2) is 4.39 Å². The van der Waals surface area contributed by atoms with Crippen molar-refractivity contribution in [1.29, 1.82) is 0 Å². The highest BCUT2D eigenvalue weighted by molar-refractivity contribution is 8.14. The summed E-state index contributed by atoms with van der Waals surface area (Å²) in [6, 6.07) is 0. The Hall–Kier alpha value is -2.07. The van der Waals surface area contributed by atoms with E-state index in [1.807, 2.05) is 13.8 Å². The maximum atomic E-state index is 15.5. The lowest BCUT2D eigenvalue weighted by atomic mass is 9.46. The van der Waals surface area contributed by atoms with Crippen molar-refractivity contribution in [2.24, 2.45) is 34.5 Å². The van der Waals surface area contributed by atoms with Crippen molar-refractivity contribution in [3.05, 3.63) is 23.3 Å². The van der Waals surface area contributed by atoms with E-state index in [2.05, 4.69) is 0 Å². The number of cyclic esters (lactones) is 1. The van der Waals surface area contributed by atoms with Gasteiger partial charge in [0.1, 0.15) is 11.1 Å². The van der Waals surface area contributed by atoms with E-state index in [0.717, 1.165) is 11.8 Å². The van der Waals surface area contributed by atoms with Crippen LogP contribution in [0, 0.1) is 34.5 Å². The maximum Gasteiger partial charge on any atom is 0.319 e. The minimum Gasteiger partial charge on any atom is -0.465 e. The molecule has 0 aromatic carbocycles. The highest BCUT2D eigenvalue weighted by Crippen LogP contribution is 2.70. The summed E-state index contributed by atoms with van der Waals surface area (Å²) < 4.78 is 41.3. The normalized spacial score (nSPS) is 44.1. The smallest absolute Gasteiger partial charge is 0.319 e. The molecular weight excluding hydrogens is 518 g/mol. The van der Waals surface area contributed by atoms with Crippen LogP contribution in [-0.4, -0.2) is 51.5 Å². The van der Waals surface area contributed by atoms with Gasteiger partial charge in [-0.05, 0) is 50.5 Å². The molecule has 0 spiro atoms. The van der Waals surface area contributed by atoms with E-state index in [-0.39, 0.29) is 31.3 Å². The number of hydrogen-bond acceptors (Lipinski definition) is 8. The highest BCUT2D eigenvalue weighted by Gasteiger charge is 2.74. The molecule has 1 aliphatic heterocycles. The van der Waals surface area contributed by atoms with Crippen molar-refractivity contribution in [2.75, 3.05) is 6.61 Å². The van der Waals surface area contributed by atoms with Crippen molar-refractivity contribution in [3.63, 3.8) is 0 Å². The van der Waals surface area contributed by atoms with Crippen LogP contribution < -0.4 is 0 Å². The van der Waals surface area contributed by atoms with E-state index >= 15 is 4.39 Å². The lowest BCUT2D eigenvalue weighted by Gasteiger charge is -2.60. The first kappa shape index (κ1) is 27.5. The summed E-state index contributed by atoms with van der Waals surface area (Å²) in [6.07, 6.45) is 1.81. The lowest BCUT2D eigenvalue weighted by molar-refractivity contribution is -0.200. The zero-order valence-corrected chi connectivity index (χ0v) is 22.9. The third-order valence-electron chi connectivity index (χ3n) is 10.2. The predicted octanol–water partition coefficient (Wildman–Crippen LogP) is 4.37. The zero-order valence-electron chi connectivity index (χ0n) is 22.1. The van der Waals surface area contributed by atoms with Crippen LogP contribution >= 0.6 is 11.8 Å². The van der Waals surface area contributed by atoms with Crippen LogP contribution in [0.3, 0.4) is 0 Å². The van der Waals surface area contributed by atoms with E-state index in [4.69, 9.17) is 9.47 Å². The summed E-state index contributed by atoms with van der Waals surface area (Å²) in [7, 11) is 0. The van der Waals surface area contributed by atoms with Crippen molar-refractivity contribution >= 4 is 34.6 Å². The number of allylic oxidation sites excluding steroid dienone is 4. The molecule has 3 saturated carbocycles. The van der Waals surface area contributed by atoms with Gasteiger partial charge in [0.25, 0.3) is 0 Å². The third kappa shape index (κ3) is 3.54. The number of thioether (sulfide) groups is 1. The topological polar surface area (TPSA) is 107 Å². The Morgan fingerprint density at radius 3 is 2.58 bits per heavy atom. The Morgan fingerprint density at radius 1 is 1.24 bits per heavy atom. The number of ketones is 1. The molecular formula is C28H34F2O7S. The molecule has 38 heavy (non-hydrogen) atoms. The Kier molecular flexibility index (Phi) is 6.69. The summed E-state index contributed by atoms with van der Waals surface area (Å²) in [5.41, 5.74) is -3.61. The van der Waals surface area contributed by atoms with Crippen LogP contribution in [0.25, 0.3) is 0 Å². The van der Waals surface area contributed by atoms with Crippen molar-refractivity contribution in [2.45, 2.75) is 83.2 Å². The van der Waals surface area contributed by atoms with Gasteiger partial charge in [-0.3, -0.25) is 19.2 Å². The van der Waals surface area contributed by atoms with Crippen molar-refractivity contribution < 1.29 is 42.5 Å². The zero-order chi connectivity index (χ0) is 27.8. The molecule has 0 bridgehead atoms. The Morgan fingerprint density at radius 2 is 1.95 bits per heavy atom. The average Bonchev–Trinajstić information content (AvgIpc) is 3.36. The molecule has 0 aromatic heterocycles. The van der Waals surface area contributed by atoms with E-state index in [0.29, 0.717) is 31.3 Å². The Bertz CT molecular complexity index is 1170. The standard InChI is InChI=1S/C28H34F2O7S/c1-5-20(33)37-28(25(35)38-19-8-9-36-24(19)34)13(2)10-16-15-7-6-14-11-17(31)22(29)23(30)27(14,4)21(15)18(32)12-26(16,28)3/h11,13,15-16,18-19,21,32H,5-10,12H2,1-4H3/t13-,15+,16+,18+,19+,21-,26+,27+,28+/m1/s1. The average molecular weight is 553 g/mol. The summed E-state index contributed by atoms with van der Waals surface area (Å²) in [5.74, 6) is -6.29. The van der Waals surface area contributed by atoms with Gasteiger partial charge < -0.3 is 14.6 Å². The number of carbonyl (C=O) groups is 4. The number of aliphatic hydroxyl groups excluding tert-OH is 1. The number of fused-ring (bicyclic) bond motifs is 5. The summed E-state index contributed by atoms with van der Waals surface area (Å²) in [6.45, 7) is 7.10. The molecule has 9 atom stereocenters.